The van der Waals surface area contributed by atoms with Crippen molar-refractivity contribution in [2.75, 3.05) is 16.2 Å². The molecule has 0 saturated heterocycles. The topological polar surface area (TPSA) is 149 Å². The number of azo groups is 1. The largest absolute Gasteiger partial charge is 0.384 e. The summed E-state index contributed by atoms with van der Waals surface area (Å²) in [5, 5.41) is 9.96. The van der Waals surface area contributed by atoms with Gasteiger partial charge in [-0.15, -0.1) is 16.5 Å². The van der Waals surface area contributed by atoms with Crippen molar-refractivity contribution in [1.82, 2.24) is 9.97 Å². The minimum absolute atomic E-state index is 0.0929. The molecule has 3 rings (SSSR count). The first-order valence-corrected chi connectivity index (χ1v) is 9.26. The molecule has 0 amide bonds. The van der Waals surface area contributed by atoms with Crippen LogP contribution in [0, 0.1) is 0 Å². The third kappa shape index (κ3) is 4.08. The quantitative estimate of drug-likeness (QED) is 0.584. The van der Waals surface area contributed by atoms with Gasteiger partial charge in [0.05, 0.1) is 10.6 Å². The summed E-state index contributed by atoms with van der Waals surface area (Å²) in [6.07, 6.45) is 1.52. The lowest BCUT2D eigenvalue weighted by Crippen LogP contribution is -2.12. The molecule has 25 heavy (non-hydrogen) atoms. The Hall–Kier alpha value is -3.05. The lowest BCUT2D eigenvalue weighted by Gasteiger charge is -2.05. The van der Waals surface area contributed by atoms with Gasteiger partial charge in [-0.1, -0.05) is 0 Å². The molecule has 0 aliphatic heterocycles. The van der Waals surface area contributed by atoms with E-state index in [0.717, 1.165) is 0 Å². The van der Waals surface area contributed by atoms with E-state index in [1.807, 2.05) is 0 Å². The fourth-order valence-corrected chi connectivity index (χ4v) is 3.61. The van der Waals surface area contributed by atoms with Gasteiger partial charge in [0.2, 0.25) is 0 Å². The van der Waals surface area contributed by atoms with Crippen LogP contribution in [-0.4, -0.2) is 18.4 Å². The van der Waals surface area contributed by atoms with E-state index >= 15 is 0 Å². The maximum absolute atomic E-state index is 12.2. The van der Waals surface area contributed by atoms with Crippen molar-refractivity contribution in [1.29, 1.82) is 0 Å². The molecule has 0 atom stereocenters. The third-order valence-corrected chi connectivity index (χ3v) is 5.17. The van der Waals surface area contributed by atoms with Gasteiger partial charge < -0.3 is 11.5 Å². The third-order valence-electron chi connectivity index (χ3n) is 3.00. The van der Waals surface area contributed by atoms with Crippen LogP contribution >= 0.6 is 11.3 Å². The van der Waals surface area contributed by atoms with E-state index in [9.17, 15) is 8.42 Å². The molecule has 11 heteroatoms. The first-order chi connectivity index (χ1) is 11.9. The van der Waals surface area contributed by atoms with E-state index in [1.54, 1.807) is 17.5 Å². The number of thiazole rings is 1. The van der Waals surface area contributed by atoms with Crippen LogP contribution in [0.3, 0.4) is 0 Å². The molecule has 3 aromatic rings. The number of aromatic nitrogens is 2. The molecule has 0 spiro atoms. The standard InChI is InChI=1S/C14H13N7O2S2/c15-12-6-5-11(13(16)18-12)20-19-9-1-3-10(4-2-9)25(22,23)21-14-17-7-8-24-14/h1-8H,(H,17,21)(H4,15,16,18). The zero-order valence-electron chi connectivity index (χ0n) is 12.7. The first kappa shape index (κ1) is 16.8. The average Bonchev–Trinajstić information content (AvgIpc) is 3.07. The Morgan fingerprint density at radius 1 is 1.04 bits per heavy atom. The number of pyridine rings is 1. The molecule has 2 aromatic heterocycles. The van der Waals surface area contributed by atoms with Crippen LogP contribution in [0.4, 0.5) is 28.1 Å². The van der Waals surface area contributed by atoms with Crippen molar-refractivity contribution >= 4 is 49.5 Å². The number of sulfonamides is 1. The minimum atomic E-state index is -3.70. The molecule has 0 bridgehead atoms. The van der Waals surface area contributed by atoms with Gasteiger partial charge in [0, 0.05) is 11.6 Å². The van der Waals surface area contributed by atoms with E-state index < -0.39 is 10.0 Å². The predicted molar refractivity (Wildman–Crippen MR) is 96.6 cm³/mol. The van der Waals surface area contributed by atoms with Gasteiger partial charge >= 0.3 is 0 Å². The lowest BCUT2D eigenvalue weighted by atomic mass is 10.3. The van der Waals surface area contributed by atoms with Gasteiger partial charge in [0.1, 0.15) is 11.5 Å². The summed E-state index contributed by atoms with van der Waals surface area (Å²) >= 11 is 1.19. The number of nitrogens with one attached hydrogen (secondary N) is 1. The molecule has 9 nitrogen and oxygen atoms in total. The summed E-state index contributed by atoms with van der Waals surface area (Å²) in [6.45, 7) is 0. The van der Waals surface area contributed by atoms with Gasteiger partial charge in [0.15, 0.2) is 10.9 Å². The van der Waals surface area contributed by atoms with E-state index in [-0.39, 0.29) is 10.7 Å². The number of nitrogens with zero attached hydrogens (tertiary/aromatic N) is 4. The van der Waals surface area contributed by atoms with Crippen LogP contribution in [0.2, 0.25) is 0 Å². The van der Waals surface area contributed by atoms with Gasteiger partial charge in [-0.05, 0) is 36.4 Å². The monoisotopic (exact) mass is 375 g/mol. The summed E-state index contributed by atoms with van der Waals surface area (Å²) in [6, 6.07) is 9.06. The second-order valence-corrected chi connectivity index (χ2v) is 7.35. The number of hydrogen-bond donors (Lipinski definition) is 3. The number of hydrogen-bond acceptors (Lipinski definition) is 9. The molecule has 1 aromatic carbocycles. The Morgan fingerprint density at radius 2 is 1.80 bits per heavy atom. The van der Waals surface area contributed by atoms with Crippen LogP contribution in [-0.2, 0) is 10.0 Å². The molecule has 0 fully saturated rings. The Kier molecular flexibility index (Phi) is 4.59. The number of nitrogens with two attached hydrogens (primary N) is 2. The van der Waals surface area contributed by atoms with E-state index in [2.05, 4.69) is 24.9 Å². The van der Waals surface area contributed by atoms with Crippen molar-refractivity contribution in [3.63, 3.8) is 0 Å². The smallest absolute Gasteiger partial charge is 0.263 e. The SMILES string of the molecule is Nc1ccc(N=Nc2ccc(S(=O)(=O)Nc3nccs3)cc2)c(N)n1. The maximum Gasteiger partial charge on any atom is 0.263 e. The highest BCUT2D eigenvalue weighted by Crippen LogP contribution is 2.25. The Morgan fingerprint density at radius 3 is 2.44 bits per heavy atom. The summed E-state index contributed by atoms with van der Waals surface area (Å²) in [5.74, 6) is 0.453. The van der Waals surface area contributed by atoms with Gasteiger partial charge in [-0.3, -0.25) is 4.72 Å². The second-order valence-electron chi connectivity index (χ2n) is 4.78. The van der Waals surface area contributed by atoms with E-state index in [4.69, 9.17) is 11.5 Å². The zero-order chi connectivity index (χ0) is 17.9. The van der Waals surface area contributed by atoms with E-state index in [1.165, 1.54) is 41.8 Å². The first-order valence-electron chi connectivity index (χ1n) is 6.90. The maximum atomic E-state index is 12.2. The number of nitrogen functional groups attached to an aromatic ring is 2. The van der Waals surface area contributed by atoms with Gasteiger partial charge in [-0.2, -0.15) is 5.11 Å². The Balaban J connectivity index is 1.77. The highest BCUT2D eigenvalue weighted by molar-refractivity contribution is 7.93. The molecule has 0 unspecified atom stereocenters. The molecule has 0 saturated carbocycles. The summed E-state index contributed by atoms with van der Waals surface area (Å²) in [7, 11) is -3.70. The van der Waals surface area contributed by atoms with Crippen molar-refractivity contribution < 1.29 is 8.42 Å². The highest BCUT2D eigenvalue weighted by atomic mass is 32.2. The van der Waals surface area contributed by atoms with Crippen molar-refractivity contribution in [3.8, 4) is 0 Å². The van der Waals surface area contributed by atoms with Crippen LogP contribution in [0.1, 0.15) is 0 Å². The van der Waals surface area contributed by atoms with Crippen LogP contribution in [0.5, 0.6) is 0 Å². The minimum Gasteiger partial charge on any atom is -0.384 e. The highest BCUT2D eigenvalue weighted by Gasteiger charge is 2.15. The summed E-state index contributed by atoms with van der Waals surface area (Å²) in [5.41, 5.74) is 12.0. The van der Waals surface area contributed by atoms with Crippen LogP contribution in [0.25, 0.3) is 0 Å². The Labute approximate surface area is 147 Å². The average molecular weight is 375 g/mol. The fourth-order valence-electron chi connectivity index (χ4n) is 1.82. The van der Waals surface area contributed by atoms with Crippen LogP contribution in [0.15, 0.2) is 63.1 Å². The summed E-state index contributed by atoms with van der Waals surface area (Å²) in [4.78, 5) is 7.86. The molecule has 0 aliphatic carbocycles. The normalized spacial score (nSPS) is 11.7. The van der Waals surface area contributed by atoms with E-state index in [0.29, 0.717) is 22.3 Å². The number of anilines is 3. The predicted octanol–water partition coefficient (Wildman–Crippen LogP) is 2.92. The van der Waals surface area contributed by atoms with Crippen molar-refractivity contribution in [3.05, 3.63) is 48.0 Å². The molecule has 0 radical (unpaired) electrons. The molecular formula is C14H13N7O2S2. The lowest BCUT2D eigenvalue weighted by molar-refractivity contribution is 0.601. The number of benzene rings is 1. The van der Waals surface area contributed by atoms with Crippen molar-refractivity contribution in [2.45, 2.75) is 4.90 Å². The molecular weight excluding hydrogens is 362 g/mol. The second kappa shape index (κ2) is 6.83. The van der Waals surface area contributed by atoms with Gasteiger partial charge in [-0.25, -0.2) is 18.4 Å². The molecule has 128 valence electrons. The molecule has 0 aliphatic rings. The Bertz CT molecular complexity index is 1000. The molecule has 2 heterocycles. The van der Waals surface area contributed by atoms with Crippen LogP contribution < -0.4 is 16.2 Å². The van der Waals surface area contributed by atoms with Gasteiger partial charge in [0.25, 0.3) is 10.0 Å². The summed E-state index contributed by atoms with van der Waals surface area (Å²) < 4.78 is 26.9. The zero-order valence-corrected chi connectivity index (χ0v) is 14.3. The van der Waals surface area contributed by atoms with Crippen molar-refractivity contribution in [2.24, 2.45) is 10.2 Å². The number of rotatable bonds is 5. The fraction of sp³-hybridized carbons (Fsp3) is 0. The molecule has 5 N–H and O–H groups in total.